The standard InChI is InChI=1S/C20H21ClFN5O3/c1-5-30-20(29)17-9-16(25-26(17)4)19(28)23-18-11(2)24-27(12(18)3)10-13-6-7-14(22)8-15(13)21/h6-9H,5,10H2,1-4H3,(H,23,28). The lowest BCUT2D eigenvalue weighted by Gasteiger charge is -2.08. The quantitative estimate of drug-likeness (QED) is 0.601. The van der Waals surface area contributed by atoms with Gasteiger partial charge in [0.05, 0.1) is 30.2 Å². The Bertz CT molecular complexity index is 1120. The number of halogens is 2. The molecule has 3 rings (SSSR count). The van der Waals surface area contributed by atoms with Crippen molar-refractivity contribution < 1.29 is 18.7 Å². The number of ether oxygens (including phenoxy) is 1. The first-order chi connectivity index (χ1) is 14.2. The zero-order valence-electron chi connectivity index (χ0n) is 17.0. The Kier molecular flexibility index (Phi) is 6.21. The van der Waals surface area contributed by atoms with Gasteiger partial charge in [-0.3, -0.25) is 14.2 Å². The highest BCUT2D eigenvalue weighted by atomic mass is 35.5. The zero-order valence-corrected chi connectivity index (χ0v) is 17.7. The number of rotatable bonds is 6. The van der Waals surface area contributed by atoms with E-state index in [9.17, 15) is 14.0 Å². The molecule has 0 saturated carbocycles. The smallest absolute Gasteiger partial charge is 0.356 e. The lowest BCUT2D eigenvalue weighted by molar-refractivity contribution is 0.0513. The van der Waals surface area contributed by atoms with Crippen LogP contribution in [0.1, 0.15) is 44.9 Å². The number of aryl methyl sites for hydroxylation is 2. The Labute approximate surface area is 177 Å². The molecule has 0 spiro atoms. The van der Waals surface area contributed by atoms with E-state index in [4.69, 9.17) is 16.3 Å². The van der Waals surface area contributed by atoms with E-state index in [-0.39, 0.29) is 18.0 Å². The van der Waals surface area contributed by atoms with Crippen LogP contribution >= 0.6 is 11.6 Å². The number of anilines is 1. The van der Waals surface area contributed by atoms with Crippen LogP contribution in [-0.2, 0) is 18.3 Å². The Morgan fingerprint density at radius 2 is 1.97 bits per heavy atom. The summed E-state index contributed by atoms with van der Waals surface area (Å²) in [6.07, 6.45) is 0. The average molecular weight is 434 g/mol. The first kappa shape index (κ1) is 21.5. The summed E-state index contributed by atoms with van der Waals surface area (Å²) in [5.41, 5.74) is 2.78. The minimum absolute atomic E-state index is 0.0775. The number of nitrogens with zero attached hydrogens (tertiary/aromatic N) is 4. The van der Waals surface area contributed by atoms with Crippen LogP contribution in [0.3, 0.4) is 0 Å². The molecule has 0 unspecified atom stereocenters. The maximum Gasteiger partial charge on any atom is 0.356 e. The molecule has 2 heterocycles. The number of amides is 1. The normalized spacial score (nSPS) is 10.9. The Morgan fingerprint density at radius 3 is 2.63 bits per heavy atom. The number of carbonyl (C=O) groups excluding carboxylic acids is 2. The molecule has 8 nitrogen and oxygen atoms in total. The Hall–Kier alpha value is -3.20. The zero-order chi connectivity index (χ0) is 22.0. The van der Waals surface area contributed by atoms with Gasteiger partial charge in [-0.1, -0.05) is 17.7 Å². The number of aromatic nitrogens is 4. The maximum absolute atomic E-state index is 13.3. The molecule has 0 aliphatic heterocycles. The monoisotopic (exact) mass is 433 g/mol. The molecule has 0 fully saturated rings. The van der Waals surface area contributed by atoms with Gasteiger partial charge < -0.3 is 10.1 Å². The third kappa shape index (κ3) is 4.35. The van der Waals surface area contributed by atoms with Crippen molar-refractivity contribution in [2.24, 2.45) is 7.05 Å². The van der Waals surface area contributed by atoms with Gasteiger partial charge in [-0.2, -0.15) is 10.2 Å². The lowest BCUT2D eigenvalue weighted by Crippen LogP contribution is -2.14. The predicted octanol–water partition coefficient (Wildman–Crippen LogP) is 3.50. The molecule has 1 aromatic carbocycles. The van der Waals surface area contributed by atoms with Crippen LogP contribution in [0.2, 0.25) is 5.02 Å². The average Bonchev–Trinajstić information content (AvgIpc) is 3.19. The van der Waals surface area contributed by atoms with E-state index in [1.54, 1.807) is 38.6 Å². The van der Waals surface area contributed by atoms with Crippen LogP contribution in [0, 0.1) is 19.7 Å². The van der Waals surface area contributed by atoms with E-state index in [1.165, 1.54) is 22.9 Å². The third-order valence-corrected chi connectivity index (χ3v) is 4.90. The van der Waals surface area contributed by atoms with Gasteiger partial charge in [-0.05, 0) is 38.5 Å². The SMILES string of the molecule is CCOC(=O)c1cc(C(=O)Nc2c(C)nn(Cc3ccc(F)cc3Cl)c2C)nn1C. The molecular weight excluding hydrogens is 413 g/mol. The number of nitrogens with one attached hydrogen (secondary N) is 1. The van der Waals surface area contributed by atoms with Gasteiger partial charge in [0, 0.05) is 18.1 Å². The van der Waals surface area contributed by atoms with E-state index in [2.05, 4.69) is 15.5 Å². The van der Waals surface area contributed by atoms with Crippen LogP contribution in [0.5, 0.6) is 0 Å². The molecular formula is C20H21ClFN5O3. The summed E-state index contributed by atoms with van der Waals surface area (Å²) >= 11 is 6.11. The van der Waals surface area contributed by atoms with Gasteiger partial charge in [0.15, 0.2) is 5.69 Å². The second kappa shape index (κ2) is 8.66. The van der Waals surface area contributed by atoms with Crippen LogP contribution in [-0.4, -0.2) is 38.0 Å². The first-order valence-corrected chi connectivity index (χ1v) is 9.59. The van der Waals surface area contributed by atoms with Gasteiger partial charge >= 0.3 is 5.97 Å². The minimum atomic E-state index is -0.553. The summed E-state index contributed by atoms with van der Waals surface area (Å²) in [5, 5.41) is 11.6. The summed E-state index contributed by atoms with van der Waals surface area (Å²) in [6, 6.07) is 5.54. The van der Waals surface area contributed by atoms with Gasteiger partial charge in [0.25, 0.3) is 5.91 Å². The fourth-order valence-corrected chi connectivity index (χ4v) is 3.22. The summed E-state index contributed by atoms with van der Waals surface area (Å²) in [5.74, 6) is -1.45. The third-order valence-electron chi connectivity index (χ3n) is 4.55. The number of hydrogen-bond donors (Lipinski definition) is 1. The summed E-state index contributed by atoms with van der Waals surface area (Å²) in [4.78, 5) is 24.6. The number of benzene rings is 1. The van der Waals surface area contributed by atoms with E-state index >= 15 is 0 Å². The summed E-state index contributed by atoms with van der Waals surface area (Å²) in [6.45, 7) is 5.80. The molecule has 0 aliphatic carbocycles. The van der Waals surface area contributed by atoms with Gasteiger partial charge in [0.1, 0.15) is 11.5 Å². The highest BCUT2D eigenvalue weighted by molar-refractivity contribution is 6.31. The molecule has 1 N–H and O–H groups in total. The highest BCUT2D eigenvalue weighted by Crippen LogP contribution is 2.24. The van der Waals surface area contributed by atoms with Crippen molar-refractivity contribution in [1.82, 2.24) is 19.6 Å². The maximum atomic E-state index is 13.3. The van der Waals surface area contributed by atoms with Crippen LogP contribution in [0.4, 0.5) is 10.1 Å². The van der Waals surface area contributed by atoms with Crippen LogP contribution in [0.15, 0.2) is 24.3 Å². The lowest BCUT2D eigenvalue weighted by atomic mass is 10.2. The number of hydrogen-bond acceptors (Lipinski definition) is 5. The number of esters is 1. The Morgan fingerprint density at radius 1 is 1.23 bits per heavy atom. The van der Waals surface area contributed by atoms with Crippen molar-refractivity contribution in [3.63, 3.8) is 0 Å². The molecule has 0 atom stereocenters. The largest absolute Gasteiger partial charge is 0.461 e. The molecule has 0 bridgehead atoms. The van der Waals surface area contributed by atoms with Crippen LogP contribution < -0.4 is 5.32 Å². The minimum Gasteiger partial charge on any atom is -0.461 e. The van der Waals surface area contributed by atoms with Gasteiger partial charge in [-0.15, -0.1) is 0 Å². The molecule has 0 saturated heterocycles. The molecule has 30 heavy (non-hydrogen) atoms. The van der Waals surface area contributed by atoms with Crippen molar-refractivity contribution >= 4 is 29.2 Å². The van der Waals surface area contributed by atoms with E-state index in [1.807, 2.05) is 0 Å². The topological polar surface area (TPSA) is 91.0 Å². The van der Waals surface area contributed by atoms with Crippen molar-refractivity contribution in [2.75, 3.05) is 11.9 Å². The van der Waals surface area contributed by atoms with Crippen molar-refractivity contribution in [2.45, 2.75) is 27.3 Å². The fraction of sp³-hybridized carbons (Fsp3) is 0.300. The van der Waals surface area contributed by atoms with Crippen molar-refractivity contribution in [1.29, 1.82) is 0 Å². The number of carbonyl (C=O) groups is 2. The molecule has 1 amide bonds. The molecule has 10 heteroatoms. The first-order valence-electron chi connectivity index (χ1n) is 9.21. The molecule has 0 aliphatic rings. The van der Waals surface area contributed by atoms with E-state index in [0.717, 1.165) is 0 Å². The molecule has 2 aromatic heterocycles. The van der Waals surface area contributed by atoms with Crippen molar-refractivity contribution in [3.05, 3.63) is 63.4 Å². The van der Waals surface area contributed by atoms with E-state index < -0.39 is 17.7 Å². The molecule has 158 valence electrons. The second-order valence-electron chi connectivity index (χ2n) is 6.65. The Balaban J connectivity index is 1.81. The van der Waals surface area contributed by atoms with Gasteiger partial charge in [0.2, 0.25) is 0 Å². The molecule has 3 aromatic rings. The highest BCUT2D eigenvalue weighted by Gasteiger charge is 2.21. The summed E-state index contributed by atoms with van der Waals surface area (Å²) < 4.78 is 21.2. The molecule has 0 radical (unpaired) electrons. The van der Waals surface area contributed by atoms with Crippen LogP contribution in [0.25, 0.3) is 0 Å². The summed E-state index contributed by atoms with van der Waals surface area (Å²) in [7, 11) is 1.56. The van der Waals surface area contributed by atoms with E-state index in [0.29, 0.717) is 34.2 Å². The van der Waals surface area contributed by atoms with Crippen molar-refractivity contribution in [3.8, 4) is 0 Å². The predicted molar refractivity (Wildman–Crippen MR) is 109 cm³/mol. The van der Waals surface area contributed by atoms with Gasteiger partial charge in [-0.25, -0.2) is 9.18 Å². The fourth-order valence-electron chi connectivity index (χ4n) is 2.99. The second-order valence-corrected chi connectivity index (χ2v) is 7.06.